The van der Waals surface area contributed by atoms with E-state index in [1.165, 1.54) is 61.8 Å². The van der Waals surface area contributed by atoms with Gasteiger partial charge in [-0.05, 0) is 37.5 Å². The lowest BCUT2D eigenvalue weighted by Gasteiger charge is -2.15. The fourth-order valence-electron chi connectivity index (χ4n) is 3.19. The molecule has 3 nitrogen and oxygen atoms in total. The molecule has 0 radical (unpaired) electrons. The molecule has 0 unspecified atom stereocenters. The van der Waals surface area contributed by atoms with Crippen LogP contribution in [0.1, 0.15) is 56.1 Å². The molecule has 1 aliphatic carbocycles. The van der Waals surface area contributed by atoms with Crippen LogP contribution in [0.15, 0.2) is 29.5 Å². The van der Waals surface area contributed by atoms with Crippen LogP contribution < -0.4 is 0 Å². The van der Waals surface area contributed by atoms with E-state index in [1.54, 1.807) is 0 Å². The second-order valence-electron chi connectivity index (χ2n) is 6.12. The zero-order chi connectivity index (χ0) is 14.5. The number of aryl methyl sites for hydroxylation is 1. The fraction of sp³-hybridized carbons (Fsp3) is 0.500. The van der Waals surface area contributed by atoms with E-state index in [0.717, 1.165) is 5.69 Å². The van der Waals surface area contributed by atoms with Crippen LogP contribution in [0.3, 0.4) is 0 Å². The van der Waals surface area contributed by atoms with E-state index in [1.807, 2.05) is 12.4 Å². The zero-order valence-electron chi connectivity index (χ0n) is 12.9. The molecule has 1 saturated carbocycles. The third-order valence-corrected chi connectivity index (χ3v) is 4.48. The van der Waals surface area contributed by atoms with Gasteiger partial charge in [0.2, 0.25) is 0 Å². The predicted molar refractivity (Wildman–Crippen MR) is 89.0 cm³/mol. The number of nitrogens with zero attached hydrogens (tertiary/aromatic N) is 1. The van der Waals surface area contributed by atoms with E-state index in [4.69, 9.17) is 4.99 Å². The van der Waals surface area contributed by atoms with Gasteiger partial charge in [0.1, 0.15) is 0 Å². The third kappa shape index (κ3) is 3.46. The van der Waals surface area contributed by atoms with Gasteiger partial charge in [-0.2, -0.15) is 0 Å². The minimum Gasteiger partial charge on any atom is -0.360 e. The largest absolute Gasteiger partial charge is 0.360 e. The Hall–Kier alpha value is -1.77. The molecular formula is C18H25N3. The van der Waals surface area contributed by atoms with Gasteiger partial charge >= 0.3 is 0 Å². The average Bonchev–Trinajstić information content (AvgIpc) is 3.05. The maximum atomic E-state index is 4.87. The van der Waals surface area contributed by atoms with Crippen molar-refractivity contribution in [3.05, 3.63) is 35.7 Å². The van der Waals surface area contributed by atoms with E-state index in [2.05, 4.69) is 35.2 Å². The van der Waals surface area contributed by atoms with E-state index >= 15 is 0 Å². The van der Waals surface area contributed by atoms with Crippen molar-refractivity contribution in [2.24, 2.45) is 4.99 Å². The first-order valence-corrected chi connectivity index (χ1v) is 8.19. The molecular weight excluding hydrogens is 258 g/mol. The molecule has 2 aromatic heterocycles. The molecule has 2 N–H and O–H groups in total. The molecule has 1 aliphatic rings. The molecule has 2 aromatic rings. The Morgan fingerprint density at radius 2 is 1.62 bits per heavy atom. The monoisotopic (exact) mass is 283 g/mol. The predicted octanol–water partition coefficient (Wildman–Crippen LogP) is 4.85. The maximum Gasteiger partial charge on any atom is 0.0711 e. The standard InChI is InChI=1S/C18H25N3/c1-14-9-11-19-17(14)18-15(10-12-20-18)13-21-16-7-5-3-2-4-6-8-16/h9-13,16,19-20H,2-8H2,1H3. The minimum absolute atomic E-state index is 0.512. The van der Waals surface area contributed by atoms with Gasteiger partial charge in [0, 0.05) is 30.2 Å². The molecule has 0 aromatic carbocycles. The van der Waals surface area contributed by atoms with Crippen LogP contribution in [0.4, 0.5) is 0 Å². The fourth-order valence-corrected chi connectivity index (χ4v) is 3.19. The molecule has 0 aliphatic heterocycles. The Balaban J connectivity index is 1.74. The Morgan fingerprint density at radius 1 is 0.952 bits per heavy atom. The van der Waals surface area contributed by atoms with Gasteiger partial charge in [0.25, 0.3) is 0 Å². The highest BCUT2D eigenvalue weighted by atomic mass is 14.8. The summed E-state index contributed by atoms with van der Waals surface area (Å²) in [5.41, 5.74) is 4.76. The van der Waals surface area contributed by atoms with Crippen molar-refractivity contribution in [3.63, 3.8) is 0 Å². The van der Waals surface area contributed by atoms with Crippen LogP contribution in [0.25, 0.3) is 11.4 Å². The van der Waals surface area contributed by atoms with E-state index < -0.39 is 0 Å². The molecule has 112 valence electrons. The highest BCUT2D eigenvalue weighted by Crippen LogP contribution is 2.24. The Kier molecular flexibility index (Phi) is 4.59. The number of aromatic nitrogens is 2. The first kappa shape index (κ1) is 14.2. The van der Waals surface area contributed by atoms with E-state index in [-0.39, 0.29) is 0 Å². The highest BCUT2D eigenvalue weighted by Gasteiger charge is 2.11. The zero-order valence-corrected chi connectivity index (χ0v) is 12.9. The number of aromatic amines is 2. The van der Waals surface area contributed by atoms with Crippen LogP contribution in [-0.4, -0.2) is 22.2 Å². The molecule has 0 atom stereocenters. The lowest BCUT2D eigenvalue weighted by molar-refractivity contribution is 0.456. The number of H-pyrrole nitrogens is 2. The Bertz CT molecular complexity index is 583. The van der Waals surface area contributed by atoms with Crippen molar-refractivity contribution in [3.8, 4) is 11.4 Å². The minimum atomic E-state index is 0.512. The second-order valence-corrected chi connectivity index (χ2v) is 6.12. The lowest BCUT2D eigenvalue weighted by atomic mass is 9.97. The highest BCUT2D eigenvalue weighted by molar-refractivity contribution is 5.89. The van der Waals surface area contributed by atoms with Crippen molar-refractivity contribution in [1.29, 1.82) is 0 Å². The van der Waals surface area contributed by atoms with Gasteiger partial charge < -0.3 is 9.97 Å². The summed E-state index contributed by atoms with van der Waals surface area (Å²) in [5.74, 6) is 0. The van der Waals surface area contributed by atoms with Crippen molar-refractivity contribution in [2.75, 3.05) is 0 Å². The topological polar surface area (TPSA) is 43.9 Å². The molecule has 0 spiro atoms. The smallest absolute Gasteiger partial charge is 0.0711 e. The number of nitrogens with one attached hydrogen (secondary N) is 2. The molecule has 3 rings (SSSR count). The summed E-state index contributed by atoms with van der Waals surface area (Å²) >= 11 is 0. The van der Waals surface area contributed by atoms with Crippen LogP contribution in [0, 0.1) is 6.92 Å². The maximum absolute atomic E-state index is 4.87. The van der Waals surface area contributed by atoms with Crippen molar-refractivity contribution in [2.45, 2.75) is 57.9 Å². The summed E-state index contributed by atoms with van der Waals surface area (Å²) in [6, 6.07) is 4.73. The van der Waals surface area contributed by atoms with Gasteiger partial charge in [-0.15, -0.1) is 0 Å². The number of hydrogen-bond donors (Lipinski definition) is 2. The summed E-state index contributed by atoms with van der Waals surface area (Å²) in [6.45, 7) is 2.13. The third-order valence-electron chi connectivity index (χ3n) is 4.48. The van der Waals surface area contributed by atoms with Crippen molar-refractivity contribution in [1.82, 2.24) is 9.97 Å². The van der Waals surface area contributed by atoms with Crippen LogP contribution >= 0.6 is 0 Å². The van der Waals surface area contributed by atoms with Crippen molar-refractivity contribution < 1.29 is 0 Å². The van der Waals surface area contributed by atoms with Gasteiger partial charge in [-0.3, -0.25) is 4.99 Å². The summed E-state index contributed by atoms with van der Waals surface area (Å²) in [6.07, 6.45) is 15.4. The first-order valence-electron chi connectivity index (χ1n) is 8.19. The van der Waals surface area contributed by atoms with Gasteiger partial charge in [0.15, 0.2) is 0 Å². The van der Waals surface area contributed by atoms with E-state index in [0.29, 0.717) is 6.04 Å². The second kappa shape index (κ2) is 6.79. The van der Waals surface area contributed by atoms with Gasteiger partial charge in [-0.1, -0.05) is 32.1 Å². The molecule has 21 heavy (non-hydrogen) atoms. The van der Waals surface area contributed by atoms with Crippen molar-refractivity contribution >= 4 is 6.21 Å². The molecule has 0 saturated heterocycles. The number of rotatable bonds is 3. The molecule has 3 heteroatoms. The van der Waals surface area contributed by atoms with Crippen LogP contribution in [-0.2, 0) is 0 Å². The molecule has 0 amide bonds. The van der Waals surface area contributed by atoms with E-state index in [9.17, 15) is 0 Å². The SMILES string of the molecule is Cc1cc[nH]c1-c1[nH]ccc1C=NC1CCCCCCC1. The van der Waals surface area contributed by atoms with Gasteiger partial charge in [0.05, 0.1) is 11.4 Å². The molecule has 1 fully saturated rings. The normalized spacial score (nSPS) is 18.0. The molecule has 0 bridgehead atoms. The Labute approximate surface area is 126 Å². The van der Waals surface area contributed by atoms with Crippen LogP contribution in [0.2, 0.25) is 0 Å². The Morgan fingerprint density at radius 3 is 2.33 bits per heavy atom. The number of hydrogen-bond acceptors (Lipinski definition) is 1. The first-order chi connectivity index (χ1) is 10.3. The van der Waals surface area contributed by atoms with Gasteiger partial charge in [-0.25, -0.2) is 0 Å². The lowest BCUT2D eigenvalue weighted by Crippen LogP contribution is -2.07. The summed E-state index contributed by atoms with van der Waals surface area (Å²) in [5, 5.41) is 0. The summed E-state index contributed by atoms with van der Waals surface area (Å²) < 4.78 is 0. The quantitative estimate of drug-likeness (QED) is 0.756. The summed E-state index contributed by atoms with van der Waals surface area (Å²) in [7, 11) is 0. The molecule has 2 heterocycles. The summed E-state index contributed by atoms with van der Waals surface area (Å²) in [4.78, 5) is 11.5. The average molecular weight is 283 g/mol. The number of aliphatic imine (C=N–C) groups is 1. The van der Waals surface area contributed by atoms with Crippen LogP contribution in [0.5, 0.6) is 0 Å².